The topological polar surface area (TPSA) is 102 Å². The molecule has 0 radical (unpaired) electrons. The molecule has 1 aliphatic rings. The van der Waals surface area contributed by atoms with Gasteiger partial charge in [-0.3, -0.25) is 10.1 Å². The molecule has 40 heavy (non-hydrogen) atoms. The van der Waals surface area contributed by atoms with Crippen LogP contribution in [0.3, 0.4) is 0 Å². The van der Waals surface area contributed by atoms with E-state index >= 15 is 0 Å². The summed E-state index contributed by atoms with van der Waals surface area (Å²) >= 11 is 0. The van der Waals surface area contributed by atoms with Crippen molar-refractivity contribution in [2.45, 2.75) is 31.3 Å². The third-order valence-corrected chi connectivity index (χ3v) is 7.37. The summed E-state index contributed by atoms with van der Waals surface area (Å²) in [5.41, 5.74) is 3.83. The highest BCUT2D eigenvalue weighted by molar-refractivity contribution is 6.04. The Labute approximate surface area is 229 Å². The maximum absolute atomic E-state index is 14.1. The number of halogens is 1. The van der Waals surface area contributed by atoms with E-state index in [1.54, 1.807) is 6.92 Å². The maximum Gasteiger partial charge on any atom is 0.412 e. The number of hydrogen-bond donors (Lipinski definition) is 2. The lowest BCUT2D eigenvalue weighted by atomic mass is 9.93. The summed E-state index contributed by atoms with van der Waals surface area (Å²) < 4.78 is 25.6. The fourth-order valence-corrected chi connectivity index (χ4v) is 4.92. The summed E-state index contributed by atoms with van der Waals surface area (Å²) in [5, 5.41) is 12.6. The van der Waals surface area contributed by atoms with Crippen molar-refractivity contribution in [2.24, 2.45) is 0 Å². The average molecular weight is 537 g/mol. The zero-order valence-corrected chi connectivity index (χ0v) is 21.6. The highest BCUT2D eigenvalue weighted by Gasteiger charge is 2.51. The highest BCUT2D eigenvalue weighted by atomic mass is 19.1. The molecule has 0 aliphatic heterocycles. The highest BCUT2D eigenvalue weighted by Crippen LogP contribution is 2.48. The number of aromatic nitrogens is 1. The summed E-state index contributed by atoms with van der Waals surface area (Å²) in [6.45, 7) is 1.77. The summed E-state index contributed by atoms with van der Waals surface area (Å²) in [6.07, 6.45) is 1.14. The second-order valence-electron chi connectivity index (χ2n) is 9.94. The van der Waals surface area contributed by atoms with E-state index < -0.39 is 29.4 Å². The molecule has 0 bridgehead atoms. The SMILES string of the molecule is C[C@@H](OC(=O)Nc1c(-c2ccc(-c3ccc(C4(C(=O)O)CC4)cc3)cc2)oc2ncc(F)cc12)c1ccccc1. The van der Waals surface area contributed by atoms with E-state index in [0.29, 0.717) is 29.6 Å². The standard InChI is InChI=1S/C32H25FN2O5/c1-19(20-5-3-2-4-6-20)39-31(38)35-27-26-17-25(33)18-34-29(26)40-28(27)23-9-7-21(8-10-23)22-11-13-24(14-12-22)32(15-16-32)30(36)37/h2-14,17-19H,15-16H2,1H3,(H,35,38)(H,36,37)/t19-/m1/s1. The molecule has 6 rings (SSSR count). The molecule has 1 fully saturated rings. The van der Waals surface area contributed by atoms with Crippen LogP contribution in [0.1, 0.15) is 37.0 Å². The molecule has 0 saturated heterocycles. The molecule has 1 amide bonds. The van der Waals surface area contributed by atoms with Crippen LogP contribution < -0.4 is 5.32 Å². The Balaban J connectivity index is 1.27. The van der Waals surface area contributed by atoms with E-state index in [-0.39, 0.29) is 11.4 Å². The van der Waals surface area contributed by atoms with E-state index in [0.717, 1.165) is 28.5 Å². The van der Waals surface area contributed by atoms with Gasteiger partial charge in [0.2, 0.25) is 5.71 Å². The Hall–Kier alpha value is -4.98. The molecule has 1 atom stereocenters. The van der Waals surface area contributed by atoms with Gasteiger partial charge in [-0.25, -0.2) is 14.2 Å². The second-order valence-corrected chi connectivity index (χ2v) is 9.94. The van der Waals surface area contributed by atoms with Gasteiger partial charge in [-0.15, -0.1) is 0 Å². The molecule has 2 aromatic heterocycles. The zero-order chi connectivity index (χ0) is 27.9. The van der Waals surface area contributed by atoms with E-state index in [2.05, 4.69) is 10.3 Å². The minimum Gasteiger partial charge on any atom is -0.481 e. The molecule has 5 aromatic rings. The Kier molecular flexibility index (Phi) is 6.30. The number of benzene rings is 3. The molecular formula is C32H25FN2O5. The van der Waals surface area contributed by atoms with Crippen molar-refractivity contribution in [3.05, 3.63) is 108 Å². The third kappa shape index (κ3) is 4.68. The molecule has 1 saturated carbocycles. The third-order valence-electron chi connectivity index (χ3n) is 7.37. The van der Waals surface area contributed by atoms with Crippen molar-refractivity contribution in [3.8, 4) is 22.5 Å². The number of furan rings is 1. The van der Waals surface area contributed by atoms with Gasteiger partial charge in [0.05, 0.1) is 17.0 Å². The minimum atomic E-state index is -0.785. The number of aliphatic carboxylic acids is 1. The Morgan fingerprint density at radius 3 is 2.23 bits per heavy atom. The van der Waals surface area contributed by atoms with Crippen LogP contribution in [-0.4, -0.2) is 22.2 Å². The van der Waals surface area contributed by atoms with Gasteiger partial charge in [-0.1, -0.05) is 78.9 Å². The predicted octanol–water partition coefficient (Wildman–Crippen LogP) is 7.73. The summed E-state index contributed by atoms with van der Waals surface area (Å²) in [6, 6.07) is 25.6. The molecule has 7 nitrogen and oxygen atoms in total. The summed E-state index contributed by atoms with van der Waals surface area (Å²) in [7, 11) is 0. The number of carboxylic acid groups (broad SMARTS) is 1. The van der Waals surface area contributed by atoms with Crippen molar-refractivity contribution < 1.29 is 28.2 Å². The molecule has 2 N–H and O–H groups in total. The van der Waals surface area contributed by atoms with Crippen LogP contribution in [0.15, 0.2) is 95.5 Å². The number of fused-ring (bicyclic) bond motifs is 1. The molecule has 3 aromatic carbocycles. The Bertz CT molecular complexity index is 1710. The number of anilines is 1. The van der Waals surface area contributed by atoms with Crippen LogP contribution in [0.4, 0.5) is 14.9 Å². The lowest BCUT2D eigenvalue weighted by Crippen LogP contribution is -2.19. The van der Waals surface area contributed by atoms with Crippen molar-refractivity contribution in [2.75, 3.05) is 5.32 Å². The molecule has 200 valence electrons. The van der Waals surface area contributed by atoms with E-state index in [4.69, 9.17) is 9.15 Å². The number of rotatable bonds is 7. The normalized spacial score (nSPS) is 14.4. The van der Waals surface area contributed by atoms with E-state index in [9.17, 15) is 19.1 Å². The van der Waals surface area contributed by atoms with Crippen LogP contribution in [0, 0.1) is 5.82 Å². The lowest BCUT2D eigenvalue weighted by molar-refractivity contribution is -0.140. The van der Waals surface area contributed by atoms with Crippen molar-refractivity contribution in [1.82, 2.24) is 4.98 Å². The molecule has 0 spiro atoms. The number of hydrogen-bond acceptors (Lipinski definition) is 5. The van der Waals surface area contributed by atoms with Gasteiger partial charge in [-0.05, 0) is 48.1 Å². The number of amides is 1. The van der Waals surface area contributed by atoms with Gasteiger partial charge >= 0.3 is 12.1 Å². The first-order valence-corrected chi connectivity index (χ1v) is 12.9. The number of carbonyl (C=O) groups excluding carboxylic acids is 1. The maximum atomic E-state index is 14.1. The average Bonchev–Trinajstić information content (AvgIpc) is 3.72. The van der Waals surface area contributed by atoms with Crippen LogP contribution >= 0.6 is 0 Å². The first-order valence-electron chi connectivity index (χ1n) is 12.9. The first kappa shape index (κ1) is 25.3. The Morgan fingerprint density at radius 1 is 0.975 bits per heavy atom. The number of nitrogens with one attached hydrogen (secondary N) is 1. The number of carboxylic acids is 1. The molecule has 2 heterocycles. The van der Waals surface area contributed by atoms with E-state index in [1.807, 2.05) is 78.9 Å². The van der Waals surface area contributed by atoms with Gasteiger partial charge < -0.3 is 14.3 Å². The van der Waals surface area contributed by atoms with Gasteiger partial charge in [0.25, 0.3) is 0 Å². The molecule has 8 heteroatoms. The number of nitrogens with zero attached hydrogens (tertiary/aromatic N) is 1. The summed E-state index contributed by atoms with van der Waals surface area (Å²) in [5.74, 6) is -1.03. The van der Waals surface area contributed by atoms with Crippen molar-refractivity contribution in [3.63, 3.8) is 0 Å². The van der Waals surface area contributed by atoms with Gasteiger partial charge in [0.15, 0.2) is 5.76 Å². The zero-order valence-electron chi connectivity index (χ0n) is 21.6. The molecular weight excluding hydrogens is 511 g/mol. The lowest BCUT2D eigenvalue weighted by Gasteiger charge is -2.14. The minimum absolute atomic E-state index is 0.176. The summed E-state index contributed by atoms with van der Waals surface area (Å²) in [4.78, 5) is 28.5. The fraction of sp³-hybridized carbons (Fsp3) is 0.156. The number of pyridine rings is 1. The van der Waals surface area contributed by atoms with E-state index in [1.165, 1.54) is 6.07 Å². The Morgan fingerprint density at radius 2 is 1.60 bits per heavy atom. The van der Waals surface area contributed by atoms with Gasteiger partial charge in [0.1, 0.15) is 17.6 Å². The van der Waals surface area contributed by atoms with Crippen molar-refractivity contribution >= 4 is 28.8 Å². The largest absolute Gasteiger partial charge is 0.481 e. The molecule has 0 unspecified atom stereocenters. The number of ether oxygens (including phenoxy) is 1. The quantitative estimate of drug-likeness (QED) is 0.221. The first-order chi connectivity index (χ1) is 19.3. The fourth-order valence-electron chi connectivity index (χ4n) is 4.92. The van der Waals surface area contributed by atoms with Gasteiger partial charge in [0, 0.05) is 5.56 Å². The monoisotopic (exact) mass is 536 g/mol. The van der Waals surface area contributed by atoms with Crippen LogP contribution in [-0.2, 0) is 14.9 Å². The van der Waals surface area contributed by atoms with Crippen LogP contribution in [0.2, 0.25) is 0 Å². The van der Waals surface area contributed by atoms with Gasteiger partial charge in [-0.2, -0.15) is 0 Å². The molecule has 1 aliphatic carbocycles. The second kappa shape index (κ2) is 9.96. The van der Waals surface area contributed by atoms with Crippen molar-refractivity contribution in [1.29, 1.82) is 0 Å². The smallest absolute Gasteiger partial charge is 0.412 e. The van der Waals surface area contributed by atoms with Crippen LogP contribution in [0.25, 0.3) is 33.6 Å². The van der Waals surface area contributed by atoms with Crippen LogP contribution in [0.5, 0.6) is 0 Å². The predicted molar refractivity (Wildman–Crippen MR) is 148 cm³/mol. The number of carbonyl (C=O) groups is 2.